The Hall–Kier alpha value is -0.200. The second kappa shape index (κ2) is 4.63. The maximum Gasteiger partial charge on any atom is 0.0692 e. The Balaban J connectivity index is 3.63. The second-order valence-electron chi connectivity index (χ2n) is 3.30. The van der Waals surface area contributed by atoms with Crippen LogP contribution in [0.1, 0.15) is 20.8 Å². The summed E-state index contributed by atoms with van der Waals surface area (Å²) in [4.78, 5) is 0. The van der Waals surface area contributed by atoms with Crippen molar-refractivity contribution in [1.29, 1.82) is 5.26 Å². The first-order chi connectivity index (χ1) is 5.02. The van der Waals surface area contributed by atoms with E-state index in [1.165, 1.54) is 0 Å². The molecule has 0 fully saturated rings. The van der Waals surface area contributed by atoms with Crippen LogP contribution in [0.5, 0.6) is 0 Å². The second-order valence-corrected chi connectivity index (χ2v) is 4.73. The maximum atomic E-state index is 8.70. The molecule has 1 N–H and O–H groups in total. The van der Waals surface area contributed by atoms with Gasteiger partial charge in [0.1, 0.15) is 0 Å². The summed E-state index contributed by atoms with van der Waals surface area (Å²) in [6.07, 6.45) is 0. The van der Waals surface area contributed by atoms with Crippen LogP contribution in [0.25, 0.3) is 0 Å². The van der Waals surface area contributed by atoms with E-state index in [9.17, 15) is 0 Å². The number of nitriles is 1. The molecule has 1 unspecified atom stereocenters. The van der Waals surface area contributed by atoms with Crippen molar-refractivity contribution in [3.63, 3.8) is 0 Å². The summed E-state index contributed by atoms with van der Waals surface area (Å²) in [5.41, 5.74) is -0.270. The fourth-order valence-electron chi connectivity index (χ4n) is 0.436. The number of hydrogen-bond donors (Lipinski definition) is 1. The lowest BCUT2D eigenvalue weighted by atomic mass is 10.00. The molecule has 1 atom stereocenters. The molecule has 3 heteroatoms. The molecule has 11 heavy (non-hydrogen) atoms. The average molecular weight is 173 g/mol. The van der Waals surface area contributed by atoms with Gasteiger partial charge in [0.05, 0.1) is 18.1 Å². The molecule has 0 saturated heterocycles. The third kappa shape index (κ3) is 5.11. The monoisotopic (exact) mass is 173 g/mol. The topological polar surface area (TPSA) is 44.0 Å². The minimum atomic E-state index is -0.270. The zero-order chi connectivity index (χ0) is 8.91. The smallest absolute Gasteiger partial charge is 0.0692 e. The standard InChI is InChI=1S/C8H15NOS/c1-7(4-10)11-6-8(2,3)5-9/h7,10H,4,6H2,1-3H3. The number of aliphatic hydroxyl groups is 1. The van der Waals surface area contributed by atoms with E-state index in [-0.39, 0.29) is 17.3 Å². The van der Waals surface area contributed by atoms with Crippen LogP contribution in [0.3, 0.4) is 0 Å². The maximum absolute atomic E-state index is 8.70. The summed E-state index contributed by atoms with van der Waals surface area (Å²) in [5, 5.41) is 17.6. The van der Waals surface area contributed by atoms with Gasteiger partial charge in [0.15, 0.2) is 0 Å². The van der Waals surface area contributed by atoms with Crippen molar-refractivity contribution in [2.24, 2.45) is 5.41 Å². The molecule has 2 nitrogen and oxygen atoms in total. The van der Waals surface area contributed by atoms with E-state index in [0.29, 0.717) is 0 Å². The number of rotatable bonds is 4. The Labute approximate surface area is 72.6 Å². The van der Waals surface area contributed by atoms with Crippen LogP contribution in [0.2, 0.25) is 0 Å². The van der Waals surface area contributed by atoms with Crippen LogP contribution in [0.4, 0.5) is 0 Å². The summed E-state index contributed by atoms with van der Waals surface area (Å²) in [5.74, 6) is 0.783. The molecule has 0 heterocycles. The van der Waals surface area contributed by atoms with E-state index >= 15 is 0 Å². The molecule has 0 saturated carbocycles. The largest absolute Gasteiger partial charge is 0.395 e. The summed E-state index contributed by atoms with van der Waals surface area (Å²) in [6.45, 7) is 5.96. The normalized spacial score (nSPS) is 14.1. The third-order valence-corrected chi connectivity index (χ3v) is 2.89. The van der Waals surface area contributed by atoms with Crippen molar-refractivity contribution in [1.82, 2.24) is 0 Å². The van der Waals surface area contributed by atoms with Gasteiger partial charge in [-0.25, -0.2) is 0 Å². The molecule has 0 bridgehead atoms. The molecule has 0 aliphatic heterocycles. The average Bonchev–Trinajstić information content (AvgIpc) is 2.00. The van der Waals surface area contributed by atoms with Crippen molar-refractivity contribution in [2.45, 2.75) is 26.0 Å². The highest BCUT2D eigenvalue weighted by Crippen LogP contribution is 2.23. The highest BCUT2D eigenvalue weighted by molar-refractivity contribution is 7.99. The van der Waals surface area contributed by atoms with Crippen LogP contribution >= 0.6 is 11.8 Å². The molecule has 0 rings (SSSR count). The Morgan fingerprint density at radius 3 is 2.55 bits per heavy atom. The molecule has 0 aromatic heterocycles. The van der Waals surface area contributed by atoms with Gasteiger partial charge in [0.25, 0.3) is 0 Å². The van der Waals surface area contributed by atoms with Gasteiger partial charge >= 0.3 is 0 Å². The zero-order valence-electron chi connectivity index (χ0n) is 7.29. The van der Waals surface area contributed by atoms with E-state index in [1.807, 2.05) is 20.8 Å². The molecule has 0 aromatic carbocycles. The van der Waals surface area contributed by atoms with Crippen molar-refractivity contribution in [3.05, 3.63) is 0 Å². The van der Waals surface area contributed by atoms with Gasteiger partial charge in [0, 0.05) is 11.0 Å². The van der Waals surface area contributed by atoms with Crippen molar-refractivity contribution in [2.75, 3.05) is 12.4 Å². The first kappa shape index (κ1) is 10.8. The number of nitrogens with zero attached hydrogens (tertiary/aromatic N) is 1. The summed E-state index contributed by atoms with van der Waals surface area (Å²) in [7, 11) is 0. The third-order valence-electron chi connectivity index (χ3n) is 1.29. The first-order valence-corrected chi connectivity index (χ1v) is 4.70. The molecule has 0 amide bonds. The van der Waals surface area contributed by atoms with Gasteiger partial charge in [-0.3, -0.25) is 0 Å². The molecule has 0 aliphatic rings. The van der Waals surface area contributed by atoms with Gasteiger partial charge in [-0.15, -0.1) is 0 Å². The van der Waals surface area contributed by atoms with Crippen molar-refractivity contribution in [3.8, 4) is 6.07 Å². The molecule has 0 spiro atoms. The van der Waals surface area contributed by atoms with E-state index < -0.39 is 0 Å². The molecular formula is C8H15NOS. The van der Waals surface area contributed by atoms with E-state index in [0.717, 1.165) is 5.75 Å². The lowest BCUT2D eigenvalue weighted by Crippen LogP contribution is -2.15. The van der Waals surface area contributed by atoms with Crippen LogP contribution in [0.15, 0.2) is 0 Å². The van der Waals surface area contributed by atoms with Gasteiger partial charge in [-0.05, 0) is 13.8 Å². The minimum Gasteiger partial charge on any atom is -0.395 e. The highest BCUT2D eigenvalue weighted by Gasteiger charge is 2.17. The Morgan fingerprint density at radius 1 is 1.64 bits per heavy atom. The number of hydrogen-bond acceptors (Lipinski definition) is 3. The highest BCUT2D eigenvalue weighted by atomic mass is 32.2. The van der Waals surface area contributed by atoms with Crippen LogP contribution in [0, 0.1) is 16.7 Å². The van der Waals surface area contributed by atoms with Gasteiger partial charge in [0.2, 0.25) is 0 Å². The Bertz CT molecular complexity index is 151. The van der Waals surface area contributed by atoms with Crippen molar-refractivity contribution < 1.29 is 5.11 Å². The van der Waals surface area contributed by atoms with E-state index in [2.05, 4.69) is 6.07 Å². The van der Waals surface area contributed by atoms with Crippen LogP contribution in [-0.4, -0.2) is 22.7 Å². The molecule has 64 valence electrons. The van der Waals surface area contributed by atoms with Gasteiger partial charge in [-0.1, -0.05) is 6.92 Å². The van der Waals surface area contributed by atoms with Gasteiger partial charge < -0.3 is 5.11 Å². The van der Waals surface area contributed by atoms with Crippen molar-refractivity contribution >= 4 is 11.8 Å². The molecule has 0 aliphatic carbocycles. The predicted octanol–water partition coefficient (Wildman–Crippen LogP) is 1.65. The number of thioether (sulfide) groups is 1. The first-order valence-electron chi connectivity index (χ1n) is 3.65. The fourth-order valence-corrected chi connectivity index (χ4v) is 1.31. The Kier molecular flexibility index (Phi) is 4.55. The summed E-state index contributed by atoms with van der Waals surface area (Å²) >= 11 is 1.64. The quantitative estimate of drug-likeness (QED) is 0.703. The predicted molar refractivity (Wildman–Crippen MR) is 48.4 cm³/mol. The number of aliphatic hydroxyl groups excluding tert-OH is 1. The fraction of sp³-hybridized carbons (Fsp3) is 0.875. The Morgan fingerprint density at radius 2 is 2.18 bits per heavy atom. The molecule has 0 radical (unpaired) electrons. The van der Waals surface area contributed by atoms with Gasteiger partial charge in [-0.2, -0.15) is 17.0 Å². The van der Waals surface area contributed by atoms with E-state index in [1.54, 1.807) is 11.8 Å². The SMILES string of the molecule is CC(CO)SCC(C)(C)C#N. The lowest BCUT2D eigenvalue weighted by Gasteiger charge is -2.16. The lowest BCUT2D eigenvalue weighted by molar-refractivity contribution is 0.300. The van der Waals surface area contributed by atoms with Crippen LogP contribution in [-0.2, 0) is 0 Å². The minimum absolute atomic E-state index is 0.187. The van der Waals surface area contributed by atoms with E-state index in [4.69, 9.17) is 10.4 Å². The molecular weight excluding hydrogens is 158 g/mol. The zero-order valence-corrected chi connectivity index (χ0v) is 8.11. The van der Waals surface area contributed by atoms with Crippen LogP contribution < -0.4 is 0 Å². The molecule has 0 aromatic rings. The summed E-state index contributed by atoms with van der Waals surface area (Å²) < 4.78 is 0. The summed E-state index contributed by atoms with van der Waals surface area (Å²) in [6, 6.07) is 2.22.